The smallest absolute Gasteiger partial charge is 0.383 e. The number of nitrogens with one attached hydrogen (secondary N) is 1. The van der Waals surface area contributed by atoms with Crippen LogP contribution >= 0.6 is 27.5 Å². The molecule has 0 radical (unpaired) electrons. The fourth-order valence-electron chi connectivity index (χ4n) is 2.01. The summed E-state index contributed by atoms with van der Waals surface area (Å²) in [5.74, 6) is 0.400. The third kappa shape index (κ3) is 4.85. The molecule has 0 aliphatic carbocycles. The lowest BCUT2D eigenvalue weighted by atomic mass is 9.99. The minimum Gasteiger partial charge on any atom is -0.383 e. The maximum Gasteiger partial charge on any atom is 0.416 e. The molecule has 6 heteroatoms. The molecule has 0 aliphatic heterocycles. The van der Waals surface area contributed by atoms with E-state index >= 15 is 0 Å². The first kappa shape index (κ1) is 17.6. The molecule has 0 saturated carbocycles. The van der Waals surface area contributed by atoms with Gasteiger partial charge >= 0.3 is 6.18 Å². The second-order valence-electron chi connectivity index (χ2n) is 4.67. The maximum absolute atomic E-state index is 12.5. The van der Waals surface area contributed by atoms with Gasteiger partial charge in [-0.1, -0.05) is 26.7 Å². The quantitative estimate of drug-likeness (QED) is 0.611. The summed E-state index contributed by atoms with van der Waals surface area (Å²) in [5, 5.41) is 3.05. The predicted molar refractivity (Wildman–Crippen MR) is 81.3 cm³/mol. The molecule has 1 unspecified atom stereocenters. The van der Waals surface area contributed by atoms with Gasteiger partial charge in [0.2, 0.25) is 0 Å². The van der Waals surface area contributed by atoms with Crippen LogP contribution in [0.2, 0.25) is 0 Å². The second-order valence-corrected chi connectivity index (χ2v) is 6.08. The van der Waals surface area contributed by atoms with Crippen LogP contribution in [0, 0.1) is 5.92 Å². The molecule has 0 amide bonds. The Bertz CT molecular complexity index is 433. The predicted octanol–water partition coefficient (Wildman–Crippen LogP) is 5.92. The van der Waals surface area contributed by atoms with Crippen molar-refractivity contribution >= 4 is 33.2 Å². The van der Waals surface area contributed by atoms with Crippen LogP contribution in [0.5, 0.6) is 0 Å². The highest BCUT2D eigenvalue weighted by atomic mass is 79.9. The molecule has 20 heavy (non-hydrogen) atoms. The van der Waals surface area contributed by atoms with Gasteiger partial charge in [0.1, 0.15) is 0 Å². The second kappa shape index (κ2) is 7.55. The van der Waals surface area contributed by atoms with Crippen molar-refractivity contribution in [3.63, 3.8) is 0 Å². The molecule has 0 saturated heterocycles. The topological polar surface area (TPSA) is 12.0 Å². The largest absolute Gasteiger partial charge is 0.416 e. The van der Waals surface area contributed by atoms with Crippen LogP contribution in [0.4, 0.5) is 18.9 Å². The molecule has 1 rings (SSSR count). The SMILES string of the molecule is CCC(CC)C(Cl)CNc1ccc(C(F)(F)F)cc1Br. The third-order valence-corrected chi connectivity index (χ3v) is 4.51. The van der Waals surface area contributed by atoms with E-state index in [1.54, 1.807) is 0 Å². The molecule has 1 N–H and O–H groups in total. The zero-order chi connectivity index (χ0) is 15.3. The average Bonchev–Trinajstić information content (AvgIpc) is 2.37. The first-order chi connectivity index (χ1) is 9.29. The van der Waals surface area contributed by atoms with E-state index in [0.29, 0.717) is 22.6 Å². The number of benzene rings is 1. The number of anilines is 1. The summed E-state index contributed by atoms with van der Waals surface area (Å²) < 4.78 is 38.0. The molecule has 0 spiro atoms. The van der Waals surface area contributed by atoms with Crippen molar-refractivity contribution in [2.75, 3.05) is 11.9 Å². The molecule has 1 nitrogen and oxygen atoms in total. The lowest BCUT2D eigenvalue weighted by Gasteiger charge is -2.20. The molecule has 1 aromatic rings. The molecule has 1 atom stereocenters. The Labute approximate surface area is 131 Å². The molecule has 0 aliphatic rings. The molecule has 0 heterocycles. The van der Waals surface area contributed by atoms with Gasteiger partial charge in [-0.2, -0.15) is 13.2 Å². The van der Waals surface area contributed by atoms with E-state index in [0.717, 1.165) is 25.0 Å². The lowest BCUT2D eigenvalue weighted by Crippen LogP contribution is -2.23. The number of halogens is 5. The van der Waals surface area contributed by atoms with Gasteiger partial charge in [-0.3, -0.25) is 0 Å². The molecule has 0 bridgehead atoms. The van der Waals surface area contributed by atoms with Crippen LogP contribution in [-0.2, 0) is 6.18 Å². The number of alkyl halides is 4. The van der Waals surface area contributed by atoms with Crippen LogP contribution in [0.15, 0.2) is 22.7 Å². The molecule has 1 aromatic carbocycles. The summed E-state index contributed by atoms with van der Waals surface area (Å²) in [5.41, 5.74) is -0.0491. The molecule has 114 valence electrons. The number of rotatable bonds is 6. The van der Waals surface area contributed by atoms with Crippen LogP contribution in [0.3, 0.4) is 0 Å². The van der Waals surface area contributed by atoms with Crippen molar-refractivity contribution in [3.8, 4) is 0 Å². The first-order valence-corrected chi connectivity index (χ1v) is 7.77. The Morgan fingerprint density at radius 2 is 1.85 bits per heavy atom. The van der Waals surface area contributed by atoms with Crippen molar-refractivity contribution in [1.82, 2.24) is 0 Å². The molecular formula is C14H18BrClF3N. The van der Waals surface area contributed by atoms with E-state index in [2.05, 4.69) is 35.1 Å². The minimum atomic E-state index is -4.33. The fourth-order valence-corrected chi connectivity index (χ4v) is 2.96. The van der Waals surface area contributed by atoms with Crippen LogP contribution in [-0.4, -0.2) is 11.9 Å². The van der Waals surface area contributed by atoms with Crippen LogP contribution < -0.4 is 5.32 Å². The number of hydrogen-bond donors (Lipinski definition) is 1. The van der Waals surface area contributed by atoms with E-state index in [1.807, 2.05) is 0 Å². The van der Waals surface area contributed by atoms with E-state index in [1.165, 1.54) is 6.07 Å². The van der Waals surface area contributed by atoms with Gasteiger partial charge in [-0.05, 0) is 40.0 Å². The molecular weight excluding hydrogens is 355 g/mol. The van der Waals surface area contributed by atoms with Crippen molar-refractivity contribution in [2.24, 2.45) is 5.92 Å². The van der Waals surface area contributed by atoms with Crippen molar-refractivity contribution in [2.45, 2.75) is 38.2 Å². The summed E-state index contributed by atoms with van der Waals surface area (Å²) >= 11 is 9.45. The standard InChI is InChI=1S/C14H18BrClF3N/c1-3-9(4-2)12(16)8-20-13-6-5-10(7-11(13)15)14(17,18)19/h5-7,9,12,20H,3-4,8H2,1-2H3. The summed E-state index contributed by atoms with van der Waals surface area (Å²) in [4.78, 5) is 0. The highest BCUT2D eigenvalue weighted by Gasteiger charge is 2.30. The van der Waals surface area contributed by atoms with E-state index < -0.39 is 11.7 Å². The van der Waals surface area contributed by atoms with Gasteiger partial charge in [-0.15, -0.1) is 11.6 Å². The van der Waals surface area contributed by atoms with Gasteiger partial charge in [0.15, 0.2) is 0 Å². The summed E-state index contributed by atoms with van der Waals surface area (Å²) in [6.45, 7) is 4.69. The Hall–Kier alpha value is -0.420. The van der Waals surface area contributed by atoms with Gasteiger partial charge in [-0.25, -0.2) is 0 Å². The monoisotopic (exact) mass is 371 g/mol. The molecule has 0 fully saturated rings. The van der Waals surface area contributed by atoms with E-state index in [4.69, 9.17) is 11.6 Å². The van der Waals surface area contributed by atoms with Crippen molar-refractivity contribution in [1.29, 1.82) is 0 Å². The zero-order valence-electron chi connectivity index (χ0n) is 11.4. The van der Waals surface area contributed by atoms with Crippen molar-refractivity contribution in [3.05, 3.63) is 28.2 Å². The summed E-state index contributed by atoms with van der Waals surface area (Å²) in [7, 11) is 0. The summed E-state index contributed by atoms with van der Waals surface area (Å²) in [6, 6.07) is 3.56. The third-order valence-electron chi connectivity index (χ3n) is 3.34. The Morgan fingerprint density at radius 1 is 1.25 bits per heavy atom. The van der Waals surface area contributed by atoms with E-state index in [-0.39, 0.29) is 5.38 Å². The van der Waals surface area contributed by atoms with Gasteiger partial charge in [0.25, 0.3) is 0 Å². The van der Waals surface area contributed by atoms with Crippen molar-refractivity contribution < 1.29 is 13.2 Å². The highest BCUT2D eigenvalue weighted by Crippen LogP contribution is 2.34. The van der Waals surface area contributed by atoms with Gasteiger partial charge < -0.3 is 5.32 Å². The lowest BCUT2D eigenvalue weighted by molar-refractivity contribution is -0.137. The minimum absolute atomic E-state index is 0.0424. The highest BCUT2D eigenvalue weighted by molar-refractivity contribution is 9.10. The van der Waals surface area contributed by atoms with E-state index in [9.17, 15) is 13.2 Å². The zero-order valence-corrected chi connectivity index (χ0v) is 13.7. The van der Waals surface area contributed by atoms with Gasteiger partial charge in [0, 0.05) is 16.7 Å². The van der Waals surface area contributed by atoms with Gasteiger partial charge in [0.05, 0.1) is 10.9 Å². The Balaban J connectivity index is 2.70. The summed E-state index contributed by atoms with van der Waals surface area (Å²) in [6.07, 6.45) is -2.35. The average molecular weight is 373 g/mol. The fraction of sp³-hybridized carbons (Fsp3) is 0.571. The number of hydrogen-bond acceptors (Lipinski definition) is 1. The van der Waals surface area contributed by atoms with Crippen LogP contribution in [0.1, 0.15) is 32.3 Å². The van der Waals surface area contributed by atoms with Crippen LogP contribution in [0.25, 0.3) is 0 Å². The molecule has 0 aromatic heterocycles. The first-order valence-electron chi connectivity index (χ1n) is 6.54. The Morgan fingerprint density at radius 3 is 2.30 bits per heavy atom. The maximum atomic E-state index is 12.5. The Kier molecular flexibility index (Phi) is 6.65. The normalized spacial score (nSPS) is 13.6.